The highest BCUT2D eigenvalue weighted by Gasteiger charge is 2.52. The SMILES string of the molecule is O=C1C(=O)C2c3ccccc3C1c1c2c(-c2oc3ccccc3c2-c2ccccc2)c2ccccc2c1-c1oc2ccccc2c1-c1ccccc1. The Morgan fingerprint density at radius 1 is 0.346 bits per heavy atom. The van der Waals surface area contributed by atoms with E-state index in [1.807, 2.05) is 109 Å². The molecule has 12 rings (SSSR count). The summed E-state index contributed by atoms with van der Waals surface area (Å²) in [5.74, 6) is -1.01. The van der Waals surface area contributed by atoms with E-state index in [4.69, 9.17) is 8.83 Å². The normalized spacial score (nSPS) is 16.2. The van der Waals surface area contributed by atoms with E-state index < -0.39 is 11.8 Å². The van der Waals surface area contributed by atoms with Crippen LogP contribution in [0.15, 0.2) is 167 Å². The highest BCUT2D eigenvalue weighted by Crippen LogP contribution is 2.60. The standard InChI is InChI=1S/C48H28O4/c49-45-39-29-19-7-8-20-30(29)40(46(45)50)44-42(48-38(28-17-5-2-6-18-28)34-24-12-14-26-36(34)52-48)32-22-10-9-21-31(32)41(43(39)44)47-37(27-15-3-1-4-16-27)33-23-11-13-25-35(33)51-47/h1-26,39-40H. The first-order chi connectivity index (χ1) is 25.7. The van der Waals surface area contributed by atoms with Gasteiger partial charge in [0, 0.05) is 33.0 Å². The van der Waals surface area contributed by atoms with Gasteiger partial charge in [-0.15, -0.1) is 0 Å². The van der Waals surface area contributed by atoms with Crippen molar-refractivity contribution >= 4 is 44.3 Å². The average molecular weight is 669 g/mol. The molecule has 4 heteroatoms. The topological polar surface area (TPSA) is 60.4 Å². The Kier molecular flexibility index (Phi) is 6.06. The molecule has 2 heterocycles. The second-order valence-electron chi connectivity index (χ2n) is 13.7. The lowest BCUT2D eigenvalue weighted by Crippen LogP contribution is -2.41. The molecule has 0 fully saturated rings. The first-order valence-electron chi connectivity index (χ1n) is 17.6. The zero-order chi connectivity index (χ0) is 34.5. The zero-order valence-electron chi connectivity index (χ0n) is 27.8. The lowest BCUT2D eigenvalue weighted by atomic mass is 9.59. The van der Waals surface area contributed by atoms with E-state index in [9.17, 15) is 9.59 Å². The van der Waals surface area contributed by atoms with Crippen molar-refractivity contribution in [3.8, 4) is 44.9 Å². The van der Waals surface area contributed by atoms with Gasteiger partial charge in [0.25, 0.3) is 0 Å². The van der Waals surface area contributed by atoms with Gasteiger partial charge in [-0.3, -0.25) is 9.59 Å². The van der Waals surface area contributed by atoms with Crippen LogP contribution in [0, 0.1) is 0 Å². The van der Waals surface area contributed by atoms with Gasteiger partial charge in [0.1, 0.15) is 22.7 Å². The molecule has 2 aromatic heterocycles. The van der Waals surface area contributed by atoms with E-state index in [2.05, 4.69) is 48.5 Å². The third kappa shape index (κ3) is 3.86. The highest BCUT2D eigenvalue weighted by molar-refractivity contribution is 6.46. The molecular weight excluding hydrogens is 641 g/mol. The summed E-state index contributed by atoms with van der Waals surface area (Å²) in [4.78, 5) is 28.9. The monoisotopic (exact) mass is 668 g/mol. The quantitative estimate of drug-likeness (QED) is 0.175. The van der Waals surface area contributed by atoms with Crippen LogP contribution in [0.5, 0.6) is 0 Å². The van der Waals surface area contributed by atoms with E-state index in [1.54, 1.807) is 0 Å². The Labute approximate surface area is 298 Å². The molecule has 0 aliphatic heterocycles. The number of fused-ring (bicyclic) bond motifs is 4. The van der Waals surface area contributed by atoms with Crippen molar-refractivity contribution in [2.45, 2.75) is 11.8 Å². The van der Waals surface area contributed by atoms with Gasteiger partial charge in [-0.1, -0.05) is 146 Å². The lowest BCUT2D eigenvalue weighted by molar-refractivity contribution is -0.138. The molecule has 4 nitrogen and oxygen atoms in total. The highest BCUT2D eigenvalue weighted by atomic mass is 16.3. The lowest BCUT2D eigenvalue weighted by Gasteiger charge is -2.40. The van der Waals surface area contributed by atoms with Crippen LogP contribution in [-0.4, -0.2) is 11.6 Å². The van der Waals surface area contributed by atoms with Crippen LogP contribution in [0.2, 0.25) is 0 Å². The number of para-hydroxylation sites is 2. The van der Waals surface area contributed by atoms with E-state index in [-0.39, 0.29) is 11.6 Å². The van der Waals surface area contributed by atoms with Crippen LogP contribution in [0.4, 0.5) is 0 Å². The smallest absolute Gasteiger partial charge is 0.211 e. The van der Waals surface area contributed by atoms with Crippen LogP contribution < -0.4 is 0 Å². The van der Waals surface area contributed by atoms with Crippen LogP contribution in [-0.2, 0) is 9.59 Å². The molecule has 0 saturated heterocycles. The molecule has 2 unspecified atom stereocenters. The Bertz CT molecular complexity index is 2740. The first kappa shape index (κ1) is 29.0. The summed E-state index contributed by atoms with van der Waals surface area (Å²) in [6.45, 7) is 0. The number of carbonyl (C=O) groups is 2. The van der Waals surface area contributed by atoms with Gasteiger partial charge < -0.3 is 8.83 Å². The molecule has 9 aromatic rings. The Hall–Kier alpha value is -6.78. The molecule has 0 saturated carbocycles. The largest absolute Gasteiger partial charge is 0.455 e. The number of Topliss-reactive ketones (excluding diaryl/α,β-unsaturated/α-hetero) is 2. The van der Waals surface area contributed by atoms with E-state index in [0.717, 1.165) is 88.3 Å². The molecule has 0 amide bonds. The van der Waals surface area contributed by atoms with Gasteiger partial charge >= 0.3 is 0 Å². The fourth-order valence-corrected chi connectivity index (χ4v) is 8.97. The van der Waals surface area contributed by atoms with Gasteiger partial charge in [-0.25, -0.2) is 0 Å². The Balaban J connectivity index is 1.37. The van der Waals surface area contributed by atoms with Crippen molar-refractivity contribution in [2.24, 2.45) is 0 Å². The van der Waals surface area contributed by atoms with Crippen molar-refractivity contribution in [3.63, 3.8) is 0 Å². The molecule has 0 radical (unpaired) electrons. The van der Waals surface area contributed by atoms with Crippen molar-refractivity contribution in [2.75, 3.05) is 0 Å². The summed E-state index contributed by atoms with van der Waals surface area (Å²) >= 11 is 0. The predicted molar refractivity (Wildman–Crippen MR) is 205 cm³/mol. The third-order valence-corrected chi connectivity index (χ3v) is 11.0. The van der Waals surface area contributed by atoms with Crippen molar-refractivity contribution in [1.29, 1.82) is 0 Å². The van der Waals surface area contributed by atoms with Crippen molar-refractivity contribution in [1.82, 2.24) is 0 Å². The third-order valence-electron chi connectivity index (χ3n) is 11.0. The van der Waals surface area contributed by atoms with Crippen molar-refractivity contribution in [3.05, 3.63) is 180 Å². The molecule has 52 heavy (non-hydrogen) atoms. The molecular formula is C48H28O4. The van der Waals surface area contributed by atoms with Crippen LogP contribution in [0.1, 0.15) is 34.1 Å². The molecule has 7 aromatic carbocycles. The average Bonchev–Trinajstić information content (AvgIpc) is 3.78. The molecule has 2 bridgehead atoms. The number of ketones is 2. The van der Waals surface area contributed by atoms with Crippen LogP contribution in [0.3, 0.4) is 0 Å². The van der Waals surface area contributed by atoms with Gasteiger partial charge in [0.2, 0.25) is 11.6 Å². The predicted octanol–water partition coefficient (Wildman–Crippen LogP) is 11.7. The molecule has 3 aliphatic rings. The van der Waals surface area contributed by atoms with Gasteiger partial charge in [0.15, 0.2) is 0 Å². The van der Waals surface area contributed by atoms with Gasteiger partial charge in [-0.2, -0.15) is 0 Å². The molecule has 244 valence electrons. The number of hydrogen-bond donors (Lipinski definition) is 0. The minimum Gasteiger partial charge on any atom is -0.455 e. The van der Waals surface area contributed by atoms with E-state index >= 15 is 0 Å². The first-order valence-corrected chi connectivity index (χ1v) is 17.6. The Morgan fingerprint density at radius 2 is 0.692 bits per heavy atom. The van der Waals surface area contributed by atoms with E-state index in [0.29, 0.717) is 11.5 Å². The number of carbonyl (C=O) groups excluding carboxylic acids is 2. The van der Waals surface area contributed by atoms with Crippen LogP contribution >= 0.6 is 0 Å². The summed E-state index contributed by atoms with van der Waals surface area (Å²) in [5, 5.41) is 3.82. The molecule has 3 aliphatic carbocycles. The Morgan fingerprint density at radius 3 is 1.12 bits per heavy atom. The van der Waals surface area contributed by atoms with Gasteiger partial charge in [-0.05, 0) is 56.3 Å². The fourth-order valence-electron chi connectivity index (χ4n) is 8.97. The molecule has 0 N–H and O–H groups in total. The number of hydrogen-bond acceptors (Lipinski definition) is 4. The summed E-state index contributed by atoms with van der Waals surface area (Å²) in [5.41, 5.74) is 10.5. The summed E-state index contributed by atoms with van der Waals surface area (Å²) < 4.78 is 13.9. The summed E-state index contributed by atoms with van der Waals surface area (Å²) in [6, 6.07) is 52.9. The number of furan rings is 2. The minimum absolute atomic E-state index is 0.385. The second-order valence-corrected chi connectivity index (χ2v) is 13.7. The van der Waals surface area contributed by atoms with Crippen LogP contribution in [0.25, 0.3) is 77.6 Å². The minimum atomic E-state index is -0.802. The van der Waals surface area contributed by atoms with Crippen molar-refractivity contribution < 1.29 is 18.4 Å². The zero-order valence-corrected chi connectivity index (χ0v) is 27.8. The number of rotatable bonds is 4. The summed E-state index contributed by atoms with van der Waals surface area (Å²) in [6.07, 6.45) is 0. The second kappa shape index (κ2) is 10.9. The van der Waals surface area contributed by atoms with Gasteiger partial charge in [0.05, 0.1) is 11.8 Å². The molecule has 2 atom stereocenters. The summed E-state index contributed by atoms with van der Waals surface area (Å²) in [7, 11) is 0. The maximum atomic E-state index is 14.4. The maximum absolute atomic E-state index is 14.4. The van der Waals surface area contributed by atoms with E-state index in [1.165, 1.54) is 0 Å². The molecule has 0 spiro atoms. The maximum Gasteiger partial charge on any atom is 0.211 e. The number of benzene rings is 7. The fraction of sp³-hybridized carbons (Fsp3) is 0.0417.